The van der Waals surface area contributed by atoms with E-state index in [0.717, 1.165) is 5.56 Å². The predicted molar refractivity (Wildman–Crippen MR) is 79.5 cm³/mol. The molecule has 0 saturated carbocycles. The minimum Gasteiger partial charge on any atom is -0.494 e. The topological polar surface area (TPSA) is 9.23 Å². The number of alkyl halides is 1. The Balaban J connectivity index is 2.24. The zero-order chi connectivity index (χ0) is 13.8. The summed E-state index contributed by atoms with van der Waals surface area (Å²) in [5.41, 5.74) is 2.13. The molecule has 19 heavy (non-hydrogen) atoms. The average molecular weight is 323 g/mol. The number of halogens is 2. The van der Waals surface area contributed by atoms with Gasteiger partial charge in [-0.15, -0.1) is 0 Å². The summed E-state index contributed by atoms with van der Waals surface area (Å²) < 4.78 is 18.7. The predicted octanol–water partition coefficient (Wildman–Crippen LogP) is 5.07. The molecule has 0 spiro atoms. The van der Waals surface area contributed by atoms with Gasteiger partial charge in [-0.2, -0.15) is 0 Å². The maximum atomic E-state index is 13.7. The van der Waals surface area contributed by atoms with Crippen molar-refractivity contribution in [3.05, 3.63) is 65.5 Å². The normalized spacial score (nSPS) is 13.9. The minimum atomic E-state index is -0.329. The first kappa shape index (κ1) is 14.1. The van der Waals surface area contributed by atoms with Gasteiger partial charge >= 0.3 is 0 Å². The van der Waals surface area contributed by atoms with E-state index < -0.39 is 0 Å². The lowest BCUT2D eigenvalue weighted by Gasteiger charge is -2.19. The molecule has 2 unspecified atom stereocenters. The maximum absolute atomic E-state index is 13.7. The molecular weight excluding hydrogens is 307 g/mol. The van der Waals surface area contributed by atoms with Crippen molar-refractivity contribution in [2.24, 2.45) is 0 Å². The van der Waals surface area contributed by atoms with Gasteiger partial charge < -0.3 is 4.74 Å². The first-order valence-corrected chi connectivity index (χ1v) is 7.07. The molecule has 2 aromatic rings. The first-order valence-electron chi connectivity index (χ1n) is 6.16. The van der Waals surface area contributed by atoms with E-state index in [4.69, 9.17) is 4.74 Å². The summed E-state index contributed by atoms with van der Waals surface area (Å²) in [6.07, 6.45) is 0. The van der Waals surface area contributed by atoms with Crippen LogP contribution in [0, 0.1) is 5.82 Å². The average Bonchev–Trinajstić information content (AvgIpc) is 2.46. The molecule has 2 aromatic carbocycles. The van der Waals surface area contributed by atoms with Gasteiger partial charge in [-0.3, -0.25) is 0 Å². The molecule has 0 heterocycles. The van der Waals surface area contributed by atoms with E-state index >= 15 is 0 Å². The van der Waals surface area contributed by atoms with Gasteiger partial charge in [-0.05, 0) is 29.2 Å². The van der Waals surface area contributed by atoms with E-state index in [0.29, 0.717) is 0 Å². The third-order valence-electron chi connectivity index (χ3n) is 3.26. The van der Waals surface area contributed by atoms with E-state index in [-0.39, 0.29) is 22.3 Å². The smallest absolute Gasteiger partial charge is 0.165 e. The zero-order valence-corrected chi connectivity index (χ0v) is 12.5. The highest BCUT2D eigenvalue weighted by molar-refractivity contribution is 9.09. The van der Waals surface area contributed by atoms with Crippen molar-refractivity contribution >= 4 is 15.9 Å². The van der Waals surface area contributed by atoms with Crippen molar-refractivity contribution in [1.29, 1.82) is 0 Å². The van der Waals surface area contributed by atoms with Crippen LogP contribution in [-0.4, -0.2) is 7.11 Å². The van der Waals surface area contributed by atoms with E-state index in [1.807, 2.05) is 24.3 Å². The molecule has 3 heteroatoms. The summed E-state index contributed by atoms with van der Waals surface area (Å²) in [4.78, 5) is 0.0651. The minimum absolute atomic E-state index is 0.0651. The molecule has 2 rings (SSSR count). The highest BCUT2D eigenvalue weighted by Crippen LogP contribution is 2.38. The second-order valence-corrected chi connectivity index (χ2v) is 5.48. The number of rotatable bonds is 4. The number of hydrogen-bond acceptors (Lipinski definition) is 1. The van der Waals surface area contributed by atoms with E-state index in [1.54, 1.807) is 6.07 Å². The van der Waals surface area contributed by atoms with Crippen molar-refractivity contribution in [3.63, 3.8) is 0 Å². The summed E-state index contributed by atoms with van der Waals surface area (Å²) >= 11 is 3.66. The molecule has 0 amide bonds. The van der Waals surface area contributed by atoms with Crippen LogP contribution >= 0.6 is 15.9 Å². The maximum Gasteiger partial charge on any atom is 0.165 e. The molecule has 0 aliphatic rings. The molecule has 0 radical (unpaired) electrons. The van der Waals surface area contributed by atoms with E-state index in [9.17, 15) is 4.39 Å². The molecule has 100 valence electrons. The third kappa shape index (κ3) is 3.16. The molecule has 0 saturated heterocycles. The molecule has 0 bridgehead atoms. The van der Waals surface area contributed by atoms with Crippen molar-refractivity contribution in [2.75, 3.05) is 7.11 Å². The molecule has 1 nitrogen and oxygen atoms in total. The van der Waals surface area contributed by atoms with Crippen LogP contribution in [0.4, 0.5) is 4.39 Å². The van der Waals surface area contributed by atoms with Crippen LogP contribution in [0.5, 0.6) is 5.75 Å². The lowest BCUT2D eigenvalue weighted by atomic mass is 9.93. The monoisotopic (exact) mass is 322 g/mol. The van der Waals surface area contributed by atoms with Crippen LogP contribution in [0.3, 0.4) is 0 Å². The van der Waals surface area contributed by atoms with Crippen LogP contribution in [0.1, 0.15) is 28.8 Å². The summed E-state index contributed by atoms with van der Waals surface area (Å²) in [5.74, 6) is 0.203. The first-order chi connectivity index (χ1) is 9.13. The number of hydrogen-bond donors (Lipinski definition) is 0. The highest BCUT2D eigenvalue weighted by Gasteiger charge is 2.19. The largest absolute Gasteiger partial charge is 0.494 e. The lowest BCUT2D eigenvalue weighted by molar-refractivity contribution is 0.386. The molecule has 0 N–H and O–H groups in total. The molecule has 0 fully saturated rings. The Hall–Kier alpha value is -1.35. The number of methoxy groups -OCH3 is 1. The van der Waals surface area contributed by atoms with Crippen molar-refractivity contribution in [1.82, 2.24) is 0 Å². The quantitative estimate of drug-likeness (QED) is 0.714. The molecule has 0 aliphatic heterocycles. The highest BCUT2D eigenvalue weighted by atomic mass is 79.9. The molecule has 0 aliphatic carbocycles. The molecule has 0 aromatic heterocycles. The fourth-order valence-corrected chi connectivity index (χ4v) is 2.66. The number of benzene rings is 2. The molecular formula is C16H16BrFO. The summed E-state index contributed by atoms with van der Waals surface area (Å²) in [7, 11) is 1.47. The van der Waals surface area contributed by atoms with Gasteiger partial charge in [0.1, 0.15) is 0 Å². The van der Waals surface area contributed by atoms with Crippen LogP contribution < -0.4 is 4.74 Å². The third-order valence-corrected chi connectivity index (χ3v) is 4.58. The van der Waals surface area contributed by atoms with Gasteiger partial charge in [0.25, 0.3) is 0 Å². The van der Waals surface area contributed by atoms with Crippen LogP contribution in [0.2, 0.25) is 0 Å². The van der Waals surface area contributed by atoms with E-state index in [2.05, 4.69) is 35.0 Å². The standard InChI is InChI=1S/C16H16BrFO/c1-11(12-6-4-3-5-7-12)16(17)13-8-9-15(19-2)14(18)10-13/h3-11,16H,1-2H3. The van der Waals surface area contributed by atoms with Crippen LogP contribution in [0.15, 0.2) is 48.5 Å². The Morgan fingerprint density at radius 2 is 1.74 bits per heavy atom. The Kier molecular flexibility index (Phi) is 4.59. The molecule has 2 atom stereocenters. The van der Waals surface area contributed by atoms with Gasteiger partial charge in [0.15, 0.2) is 11.6 Å². The summed E-state index contributed by atoms with van der Waals surface area (Å²) in [5, 5.41) is 0. The summed E-state index contributed by atoms with van der Waals surface area (Å²) in [6, 6.07) is 15.3. The van der Waals surface area contributed by atoms with Crippen LogP contribution in [-0.2, 0) is 0 Å². The van der Waals surface area contributed by atoms with Gasteiger partial charge in [0.05, 0.1) is 7.11 Å². The Bertz CT molecular complexity index is 542. The second-order valence-electron chi connectivity index (χ2n) is 4.50. The van der Waals surface area contributed by atoms with E-state index in [1.165, 1.54) is 18.7 Å². The second kappa shape index (κ2) is 6.20. The fourth-order valence-electron chi connectivity index (χ4n) is 2.07. The van der Waals surface area contributed by atoms with Crippen molar-refractivity contribution in [3.8, 4) is 5.75 Å². The van der Waals surface area contributed by atoms with Gasteiger partial charge in [-0.1, -0.05) is 59.3 Å². The van der Waals surface area contributed by atoms with Gasteiger partial charge in [0, 0.05) is 4.83 Å². The number of ether oxygens (including phenoxy) is 1. The Morgan fingerprint density at radius 3 is 2.32 bits per heavy atom. The van der Waals surface area contributed by atoms with Crippen molar-refractivity contribution < 1.29 is 9.13 Å². The van der Waals surface area contributed by atoms with Gasteiger partial charge in [0.2, 0.25) is 0 Å². The SMILES string of the molecule is COc1ccc(C(Br)C(C)c2ccccc2)cc1F. The van der Waals surface area contributed by atoms with Gasteiger partial charge in [-0.25, -0.2) is 4.39 Å². The fraction of sp³-hybridized carbons (Fsp3) is 0.250. The Morgan fingerprint density at radius 1 is 1.05 bits per heavy atom. The van der Waals surface area contributed by atoms with Crippen molar-refractivity contribution in [2.45, 2.75) is 17.7 Å². The van der Waals surface area contributed by atoms with Crippen LogP contribution in [0.25, 0.3) is 0 Å². The zero-order valence-electron chi connectivity index (χ0n) is 10.9. The lowest BCUT2D eigenvalue weighted by Crippen LogP contribution is -2.03. The Labute approximate surface area is 121 Å². The summed E-state index contributed by atoms with van der Waals surface area (Å²) in [6.45, 7) is 2.12.